The fraction of sp³-hybridized carbons (Fsp3) is 0. The summed E-state index contributed by atoms with van der Waals surface area (Å²) in [5.74, 6) is 0. The summed E-state index contributed by atoms with van der Waals surface area (Å²) in [6, 6.07) is 52.3. The van der Waals surface area contributed by atoms with Gasteiger partial charge in [-0.15, -0.1) is 0 Å². The number of aromatic nitrogens is 2. The van der Waals surface area contributed by atoms with Crippen LogP contribution in [-0.2, 0) is 0 Å². The summed E-state index contributed by atoms with van der Waals surface area (Å²) in [5.41, 5.74) is 14.0. The largest absolute Gasteiger partial charge is 0.456 e. The Balaban J connectivity index is 1.34. The third-order valence-corrected chi connectivity index (χ3v) is 10.1. The van der Waals surface area contributed by atoms with Crippen molar-refractivity contribution in [3.63, 3.8) is 0 Å². The molecule has 47 heavy (non-hydrogen) atoms. The highest BCUT2D eigenvalue weighted by Crippen LogP contribution is 2.42. The fourth-order valence-electron chi connectivity index (χ4n) is 7.90. The molecule has 10 aromatic rings. The zero-order chi connectivity index (χ0) is 31.2. The van der Waals surface area contributed by atoms with Crippen molar-refractivity contribution >= 4 is 92.2 Å². The average Bonchev–Trinajstić information content (AvgIpc) is 3.78. The minimum absolute atomic E-state index is 0.903. The molecule has 0 amide bonds. The molecule has 0 saturated heterocycles. The smallest absolute Gasteiger partial charge is 0.141 e. The molecule has 0 saturated carbocycles. The van der Waals surface area contributed by atoms with Crippen molar-refractivity contribution < 1.29 is 4.42 Å². The minimum atomic E-state index is 0.903. The molecule has 0 unspecified atom stereocenters. The summed E-state index contributed by atoms with van der Waals surface area (Å²) in [6.07, 6.45) is 0. The molecule has 0 radical (unpaired) electrons. The number of nitrogens with zero attached hydrogens (tertiary/aromatic N) is 2. The van der Waals surface area contributed by atoms with Crippen molar-refractivity contribution in [1.29, 1.82) is 0 Å². The highest BCUT2D eigenvalue weighted by Gasteiger charge is 2.24. The Morgan fingerprint density at radius 3 is 1.62 bits per heavy atom. The first-order valence-corrected chi connectivity index (χ1v) is 16.2. The average molecular weight is 598 g/mol. The Bertz CT molecular complexity index is 2880. The van der Waals surface area contributed by atoms with E-state index in [1.165, 1.54) is 71.4 Å². The van der Waals surface area contributed by atoms with Gasteiger partial charge in [0.2, 0.25) is 0 Å². The van der Waals surface area contributed by atoms with Gasteiger partial charge in [-0.1, -0.05) is 108 Å². The Kier molecular flexibility index (Phi) is 5.48. The molecular weight excluding hydrogens is 570 g/mol. The van der Waals surface area contributed by atoms with Crippen molar-refractivity contribution in [1.82, 2.24) is 9.13 Å². The molecule has 0 atom stereocenters. The lowest BCUT2D eigenvalue weighted by Gasteiger charge is -2.16. The molecule has 10 rings (SSSR count). The summed E-state index contributed by atoms with van der Waals surface area (Å²) in [7, 11) is 4.58. The zero-order valence-electron chi connectivity index (χ0n) is 26.2. The number of hydrogen-bond donors (Lipinski definition) is 0. The quantitative estimate of drug-likeness (QED) is 0.189. The Hall–Kier alpha value is -5.93. The molecule has 7 aromatic carbocycles. The molecule has 0 spiro atoms. The molecule has 218 valence electrons. The van der Waals surface area contributed by atoms with Crippen molar-refractivity contribution in [3.8, 4) is 22.5 Å². The third kappa shape index (κ3) is 3.65. The fourth-order valence-corrected chi connectivity index (χ4v) is 7.90. The van der Waals surface area contributed by atoms with E-state index >= 15 is 0 Å². The lowest BCUT2D eigenvalue weighted by molar-refractivity contribution is 0.668. The summed E-state index contributed by atoms with van der Waals surface area (Å²) < 4.78 is 11.3. The van der Waals surface area contributed by atoms with Crippen LogP contribution in [0.15, 0.2) is 150 Å². The van der Waals surface area contributed by atoms with Crippen LogP contribution in [0, 0.1) is 0 Å². The number of hydrogen-bond acceptors (Lipinski definition) is 1. The zero-order valence-corrected chi connectivity index (χ0v) is 26.2. The van der Waals surface area contributed by atoms with E-state index in [0.717, 1.165) is 27.6 Å². The lowest BCUT2D eigenvalue weighted by atomic mass is 9.77. The molecule has 3 aromatic heterocycles. The molecule has 0 aliphatic heterocycles. The number of fused-ring (bicyclic) bond motifs is 10. The van der Waals surface area contributed by atoms with E-state index in [0.29, 0.717) is 0 Å². The first-order chi connectivity index (χ1) is 23.2. The summed E-state index contributed by atoms with van der Waals surface area (Å²) in [5, 5.41) is 7.38. The van der Waals surface area contributed by atoms with Crippen LogP contribution in [0.25, 0.3) is 88.1 Å². The van der Waals surface area contributed by atoms with Gasteiger partial charge in [-0.25, -0.2) is 0 Å². The maximum absolute atomic E-state index is 6.37. The van der Waals surface area contributed by atoms with Gasteiger partial charge in [-0.2, -0.15) is 0 Å². The topological polar surface area (TPSA) is 23.0 Å². The van der Waals surface area contributed by atoms with Crippen molar-refractivity contribution in [3.05, 3.63) is 146 Å². The molecule has 0 aliphatic carbocycles. The molecule has 0 N–H and O–H groups in total. The van der Waals surface area contributed by atoms with Gasteiger partial charge in [-0.05, 0) is 53.6 Å². The number of benzene rings is 7. The van der Waals surface area contributed by atoms with Crippen LogP contribution in [0.2, 0.25) is 0 Å². The molecule has 3 heterocycles. The SMILES string of the molecule is Bc1c(B)c2c(c3ccccc3n2-c2ccc3c(c2)oc2ccccc23)c2c3ccccc3n(-c3cccc(-c4ccccc4)c3)c12. The second-order valence-electron chi connectivity index (χ2n) is 12.6. The molecule has 0 bridgehead atoms. The lowest BCUT2D eigenvalue weighted by Crippen LogP contribution is -2.29. The van der Waals surface area contributed by atoms with Crippen molar-refractivity contribution in [2.45, 2.75) is 0 Å². The van der Waals surface area contributed by atoms with Crippen LogP contribution in [0.5, 0.6) is 0 Å². The van der Waals surface area contributed by atoms with Crippen LogP contribution in [-0.4, -0.2) is 24.8 Å². The van der Waals surface area contributed by atoms with E-state index < -0.39 is 0 Å². The Morgan fingerprint density at radius 2 is 0.936 bits per heavy atom. The minimum Gasteiger partial charge on any atom is -0.456 e. The van der Waals surface area contributed by atoms with Gasteiger partial charge in [0.1, 0.15) is 26.9 Å². The first-order valence-electron chi connectivity index (χ1n) is 16.2. The van der Waals surface area contributed by atoms with Crippen LogP contribution < -0.4 is 10.9 Å². The van der Waals surface area contributed by atoms with Crippen LogP contribution in [0.4, 0.5) is 0 Å². The van der Waals surface area contributed by atoms with Gasteiger partial charge >= 0.3 is 0 Å². The van der Waals surface area contributed by atoms with Crippen LogP contribution >= 0.6 is 0 Å². The van der Waals surface area contributed by atoms with Crippen LogP contribution in [0.3, 0.4) is 0 Å². The van der Waals surface area contributed by atoms with Gasteiger partial charge in [0, 0.05) is 60.8 Å². The highest BCUT2D eigenvalue weighted by molar-refractivity contribution is 6.59. The van der Waals surface area contributed by atoms with Gasteiger partial charge in [0.15, 0.2) is 0 Å². The first kappa shape index (κ1) is 26.3. The van der Waals surface area contributed by atoms with E-state index in [2.05, 4.69) is 158 Å². The predicted molar refractivity (Wildman–Crippen MR) is 204 cm³/mol. The maximum Gasteiger partial charge on any atom is 0.141 e. The van der Waals surface area contributed by atoms with E-state index in [9.17, 15) is 0 Å². The summed E-state index contributed by atoms with van der Waals surface area (Å²) in [4.78, 5) is 0. The second-order valence-corrected chi connectivity index (χ2v) is 12.6. The van der Waals surface area contributed by atoms with Gasteiger partial charge in [-0.3, -0.25) is 0 Å². The maximum atomic E-state index is 6.37. The van der Waals surface area contributed by atoms with Crippen molar-refractivity contribution in [2.75, 3.05) is 0 Å². The van der Waals surface area contributed by atoms with E-state index in [4.69, 9.17) is 4.42 Å². The summed E-state index contributed by atoms with van der Waals surface area (Å²) >= 11 is 0. The van der Waals surface area contributed by atoms with E-state index in [1.807, 2.05) is 12.1 Å². The standard InChI is InChI=1S/C42H28B2N2O/c43-39-40(44)42-38(32-17-5-8-19-34(32)46(42)28-21-22-30-29-15-6-9-20-35(29)47-36(30)24-28)37-31-16-4-7-18-33(31)45(41(37)39)27-14-10-13-26(23-27)25-11-2-1-3-12-25/h1-24H,43-44H2. The second kappa shape index (κ2) is 9.78. The molecule has 0 fully saturated rings. The Morgan fingerprint density at radius 1 is 0.404 bits per heavy atom. The van der Waals surface area contributed by atoms with Gasteiger partial charge < -0.3 is 13.6 Å². The molecular formula is C42H28B2N2O. The molecule has 0 aliphatic rings. The summed E-state index contributed by atoms with van der Waals surface area (Å²) in [6.45, 7) is 0. The number of rotatable bonds is 3. The van der Waals surface area contributed by atoms with Gasteiger partial charge in [0.05, 0.1) is 11.0 Å². The van der Waals surface area contributed by atoms with E-state index in [1.54, 1.807) is 0 Å². The van der Waals surface area contributed by atoms with Gasteiger partial charge in [0.25, 0.3) is 0 Å². The van der Waals surface area contributed by atoms with Crippen molar-refractivity contribution in [2.24, 2.45) is 0 Å². The van der Waals surface area contributed by atoms with E-state index in [-0.39, 0.29) is 0 Å². The Labute approximate surface area is 273 Å². The predicted octanol–water partition coefficient (Wildman–Crippen LogP) is 7.96. The highest BCUT2D eigenvalue weighted by atomic mass is 16.3. The normalized spacial score (nSPS) is 12.0. The van der Waals surface area contributed by atoms with Crippen LogP contribution in [0.1, 0.15) is 0 Å². The number of para-hydroxylation sites is 3. The molecule has 5 heteroatoms. The third-order valence-electron chi connectivity index (χ3n) is 10.1. The number of furan rings is 1. The monoisotopic (exact) mass is 598 g/mol. The molecule has 3 nitrogen and oxygen atoms in total.